The van der Waals surface area contributed by atoms with Crippen LogP contribution in [0.5, 0.6) is 0 Å². The zero-order chi connectivity index (χ0) is 14.5. The second kappa shape index (κ2) is 6.57. The Balaban J connectivity index is 1.75. The molecule has 1 aliphatic rings. The molecule has 1 amide bonds. The number of nitrogens with one attached hydrogen (secondary N) is 1. The van der Waals surface area contributed by atoms with Crippen LogP contribution in [-0.2, 0) is 4.79 Å². The van der Waals surface area contributed by atoms with Gasteiger partial charge in [0.05, 0.1) is 0 Å². The summed E-state index contributed by atoms with van der Waals surface area (Å²) in [4.78, 5) is 12.1. The van der Waals surface area contributed by atoms with E-state index >= 15 is 0 Å². The van der Waals surface area contributed by atoms with E-state index in [1.54, 1.807) is 0 Å². The van der Waals surface area contributed by atoms with Crippen molar-refractivity contribution in [3.05, 3.63) is 71.8 Å². The Morgan fingerprint density at radius 3 is 1.90 bits per heavy atom. The molecule has 0 aliphatic heterocycles. The molecule has 0 aromatic heterocycles. The second-order valence-corrected chi connectivity index (χ2v) is 5.75. The van der Waals surface area contributed by atoms with E-state index < -0.39 is 0 Å². The molecule has 1 aliphatic carbocycles. The first-order valence-electron chi connectivity index (χ1n) is 7.72. The molecule has 2 aromatic rings. The van der Waals surface area contributed by atoms with Gasteiger partial charge in [0.15, 0.2) is 0 Å². The summed E-state index contributed by atoms with van der Waals surface area (Å²) in [6.45, 7) is 0.670. The highest BCUT2D eigenvalue weighted by molar-refractivity contribution is 5.79. The third-order valence-electron chi connectivity index (χ3n) is 4.36. The van der Waals surface area contributed by atoms with Crippen molar-refractivity contribution >= 4 is 5.91 Å². The van der Waals surface area contributed by atoms with E-state index in [2.05, 4.69) is 53.8 Å². The Kier molecular flexibility index (Phi) is 4.34. The van der Waals surface area contributed by atoms with E-state index in [1.807, 2.05) is 12.1 Å². The van der Waals surface area contributed by atoms with E-state index in [9.17, 15) is 4.79 Å². The van der Waals surface area contributed by atoms with Gasteiger partial charge in [-0.3, -0.25) is 4.79 Å². The summed E-state index contributed by atoms with van der Waals surface area (Å²) >= 11 is 0. The predicted octanol–water partition coefficient (Wildman–Crippen LogP) is 3.73. The van der Waals surface area contributed by atoms with Crippen molar-refractivity contribution in [2.24, 2.45) is 5.92 Å². The standard InChI is InChI=1S/C19H21NO/c21-19(17-12-7-13-17)20-14-18(15-8-3-1-4-9-15)16-10-5-2-6-11-16/h1-6,8-11,17-18H,7,12-14H2,(H,20,21). The van der Waals surface area contributed by atoms with E-state index in [0.717, 1.165) is 12.8 Å². The Morgan fingerprint density at radius 2 is 1.48 bits per heavy atom. The SMILES string of the molecule is O=C(NCC(c1ccccc1)c1ccccc1)C1CCC1. The van der Waals surface area contributed by atoms with Crippen LogP contribution in [-0.4, -0.2) is 12.5 Å². The minimum atomic E-state index is 0.219. The van der Waals surface area contributed by atoms with Gasteiger partial charge in [0, 0.05) is 18.4 Å². The summed E-state index contributed by atoms with van der Waals surface area (Å²) in [7, 11) is 0. The van der Waals surface area contributed by atoms with Gasteiger partial charge in [0.2, 0.25) is 5.91 Å². The molecule has 2 nitrogen and oxygen atoms in total. The minimum absolute atomic E-state index is 0.219. The first-order chi connectivity index (χ1) is 10.3. The monoisotopic (exact) mass is 279 g/mol. The number of carbonyl (C=O) groups is 1. The summed E-state index contributed by atoms with van der Waals surface area (Å²) in [5.41, 5.74) is 2.50. The molecule has 0 heterocycles. The number of amides is 1. The maximum atomic E-state index is 12.1. The van der Waals surface area contributed by atoms with Crippen LogP contribution in [0.4, 0.5) is 0 Å². The average Bonchev–Trinajstić information content (AvgIpc) is 2.48. The molecule has 2 heteroatoms. The van der Waals surface area contributed by atoms with E-state index in [-0.39, 0.29) is 17.7 Å². The second-order valence-electron chi connectivity index (χ2n) is 5.75. The van der Waals surface area contributed by atoms with Crippen molar-refractivity contribution in [3.8, 4) is 0 Å². The third-order valence-corrected chi connectivity index (χ3v) is 4.36. The molecule has 3 rings (SSSR count). The van der Waals surface area contributed by atoms with Crippen molar-refractivity contribution < 1.29 is 4.79 Å². The smallest absolute Gasteiger partial charge is 0.223 e. The molecule has 2 aromatic carbocycles. The van der Waals surface area contributed by atoms with Crippen LogP contribution in [0.3, 0.4) is 0 Å². The van der Waals surface area contributed by atoms with Crippen molar-refractivity contribution in [2.45, 2.75) is 25.2 Å². The Morgan fingerprint density at radius 1 is 0.952 bits per heavy atom. The highest BCUT2D eigenvalue weighted by Crippen LogP contribution is 2.27. The Hall–Kier alpha value is -2.09. The number of hydrogen-bond acceptors (Lipinski definition) is 1. The summed E-state index contributed by atoms with van der Waals surface area (Å²) in [5.74, 6) is 0.687. The van der Waals surface area contributed by atoms with Crippen LogP contribution < -0.4 is 5.32 Å². The van der Waals surface area contributed by atoms with Gasteiger partial charge < -0.3 is 5.32 Å². The summed E-state index contributed by atoms with van der Waals surface area (Å²) in [6.07, 6.45) is 3.29. The third kappa shape index (κ3) is 3.33. The van der Waals surface area contributed by atoms with Crippen LogP contribution in [0, 0.1) is 5.92 Å². The van der Waals surface area contributed by atoms with Crippen molar-refractivity contribution in [1.29, 1.82) is 0 Å². The summed E-state index contributed by atoms with van der Waals surface area (Å²) < 4.78 is 0. The molecule has 1 N–H and O–H groups in total. The van der Waals surface area contributed by atoms with E-state index in [0.29, 0.717) is 6.54 Å². The molecule has 0 spiro atoms. The maximum absolute atomic E-state index is 12.1. The van der Waals surface area contributed by atoms with Gasteiger partial charge in [-0.15, -0.1) is 0 Å². The van der Waals surface area contributed by atoms with Gasteiger partial charge in [-0.2, -0.15) is 0 Å². The predicted molar refractivity (Wildman–Crippen MR) is 85.1 cm³/mol. The molecule has 0 unspecified atom stereocenters. The lowest BCUT2D eigenvalue weighted by Crippen LogP contribution is -2.36. The van der Waals surface area contributed by atoms with Gasteiger partial charge in [0.25, 0.3) is 0 Å². The molecule has 0 atom stereocenters. The first kappa shape index (κ1) is 13.9. The Bertz CT molecular complexity index is 536. The molecule has 0 radical (unpaired) electrons. The van der Waals surface area contributed by atoms with Crippen molar-refractivity contribution in [2.75, 3.05) is 6.54 Å². The van der Waals surface area contributed by atoms with Gasteiger partial charge in [0.1, 0.15) is 0 Å². The lowest BCUT2D eigenvalue weighted by atomic mass is 9.84. The average molecular weight is 279 g/mol. The van der Waals surface area contributed by atoms with E-state index in [1.165, 1.54) is 17.5 Å². The van der Waals surface area contributed by atoms with Gasteiger partial charge in [-0.1, -0.05) is 67.1 Å². The van der Waals surface area contributed by atoms with Crippen LogP contribution in [0.25, 0.3) is 0 Å². The lowest BCUT2D eigenvalue weighted by molar-refractivity contribution is -0.127. The topological polar surface area (TPSA) is 29.1 Å². The van der Waals surface area contributed by atoms with Crippen LogP contribution in [0.1, 0.15) is 36.3 Å². The minimum Gasteiger partial charge on any atom is -0.355 e. The highest BCUT2D eigenvalue weighted by Gasteiger charge is 2.25. The molecule has 0 saturated heterocycles. The molecule has 108 valence electrons. The first-order valence-corrected chi connectivity index (χ1v) is 7.72. The summed E-state index contributed by atoms with van der Waals surface area (Å²) in [6, 6.07) is 20.8. The highest BCUT2D eigenvalue weighted by atomic mass is 16.1. The molecule has 21 heavy (non-hydrogen) atoms. The zero-order valence-electron chi connectivity index (χ0n) is 12.2. The molecule has 0 bridgehead atoms. The fraction of sp³-hybridized carbons (Fsp3) is 0.316. The summed E-state index contributed by atoms with van der Waals surface area (Å²) in [5, 5.41) is 3.14. The van der Waals surface area contributed by atoms with Crippen LogP contribution in [0.2, 0.25) is 0 Å². The van der Waals surface area contributed by atoms with Crippen LogP contribution >= 0.6 is 0 Å². The van der Waals surface area contributed by atoms with Crippen molar-refractivity contribution in [1.82, 2.24) is 5.32 Å². The Labute approximate surface area is 126 Å². The van der Waals surface area contributed by atoms with Gasteiger partial charge >= 0.3 is 0 Å². The quantitative estimate of drug-likeness (QED) is 0.887. The van der Waals surface area contributed by atoms with E-state index in [4.69, 9.17) is 0 Å². The molecular weight excluding hydrogens is 258 g/mol. The fourth-order valence-electron chi connectivity index (χ4n) is 2.82. The number of benzene rings is 2. The maximum Gasteiger partial charge on any atom is 0.223 e. The lowest BCUT2D eigenvalue weighted by Gasteiger charge is -2.26. The van der Waals surface area contributed by atoms with Crippen LogP contribution in [0.15, 0.2) is 60.7 Å². The van der Waals surface area contributed by atoms with Gasteiger partial charge in [-0.25, -0.2) is 0 Å². The number of carbonyl (C=O) groups excluding carboxylic acids is 1. The molecular formula is C19H21NO. The number of hydrogen-bond donors (Lipinski definition) is 1. The molecule has 1 fully saturated rings. The fourth-order valence-corrected chi connectivity index (χ4v) is 2.82. The van der Waals surface area contributed by atoms with Gasteiger partial charge in [-0.05, 0) is 24.0 Å². The normalized spacial score (nSPS) is 14.7. The number of rotatable bonds is 5. The largest absolute Gasteiger partial charge is 0.355 e. The van der Waals surface area contributed by atoms with Crippen molar-refractivity contribution in [3.63, 3.8) is 0 Å². The zero-order valence-corrected chi connectivity index (χ0v) is 12.2. The molecule has 1 saturated carbocycles.